The Morgan fingerprint density at radius 3 is 2.12 bits per heavy atom. The fourth-order valence-corrected chi connectivity index (χ4v) is 6.25. The van der Waals surface area contributed by atoms with Crippen molar-refractivity contribution in [3.05, 3.63) is 131 Å². The van der Waals surface area contributed by atoms with Crippen LogP contribution >= 0.6 is 11.8 Å². The van der Waals surface area contributed by atoms with Crippen LogP contribution in [0.15, 0.2) is 114 Å². The highest BCUT2D eigenvalue weighted by atomic mass is 32.2. The van der Waals surface area contributed by atoms with Gasteiger partial charge >= 0.3 is 11.9 Å². The average Bonchev–Trinajstić information content (AvgIpc) is 3.05. The Morgan fingerprint density at radius 2 is 1.53 bits per heavy atom. The average molecular weight is 597 g/mol. The Hall–Kier alpha value is -4.63. The number of rotatable bonds is 10. The van der Waals surface area contributed by atoms with Crippen LogP contribution in [0, 0.1) is 0 Å². The molecule has 3 aromatic rings. The Labute approximate surface area is 254 Å². The highest BCUT2D eigenvalue weighted by molar-refractivity contribution is 8.00. The monoisotopic (exact) mass is 596 g/mol. The molecule has 0 bridgehead atoms. The summed E-state index contributed by atoms with van der Waals surface area (Å²) in [6, 6.07) is 27.2. The van der Waals surface area contributed by atoms with Crippen LogP contribution in [0.4, 0.5) is 0 Å². The Balaban J connectivity index is 1.41. The van der Waals surface area contributed by atoms with E-state index in [1.54, 1.807) is 19.9 Å². The highest BCUT2D eigenvalue weighted by Crippen LogP contribution is 2.41. The number of hydrogen-bond donors (Lipinski definition) is 1. The molecule has 3 aromatic carbocycles. The summed E-state index contributed by atoms with van der Waals surface area (Å²) in [7, 11) is 0. The molecule has 9 heteroatoms. The van der Waals surface area contributed by atoms with Gasteiger partial charge in [0.05, 0.1) is 6.42 Å². The summed E-state index contributed by atoms with van der Waals surface area (Å²) in [6.45, 7) is 3.20. The maximum atomic E-state index is 14.0. The van der Waals surface area contributed by atoms with Crippen molar-refractivity contribution in [2.45, 2.75) is 37.8 Å². The van der Waals surface area contributed by atoms with Crippen molar-refractivity contribution in [1.82, 2.24) is 10.2 Å². The predicted octanol–water partition coefficient (Wildman–Crippen LogP) is 4.73. The fourth-order valence-electron chi connectivity index (χ4n) is 4.92. The third-order valence-electron chi connectivity index (χ3n) is 7.33. The molecule has 2 aliphatic heterocycles. The van der Waals surface area contributed by atoms with Crippen molar-refractivity contribution in [1.29, 1.82) is 0 Å². The highest BCUT2D eigenvalue weighted by Gasteiger charge is 2.54. The zero-order valence-corrected chi connectivity index (χ0v) is 24.7. The van der Waals surface area contributed by atoms with Gasteiger partial charge in [0.2, 0.25) is 5.91 Å². The van der Waals surface area contributed by atoms with Crippen molar-refractivity contribution in [3.63, 3.8) is 0 Å². The zero-order chi connectivity index (χ0) is 30.3. The Bertz CT molecular complexity index is 1520. The lowest BCUT2D eigenvalue weighted by Gasteiger charge is -2.49. The first-order valence-corrected chi connectivity index (χ1v) is 15.0. The van der Waals surface area contributed by atoms with E-state index in [0.717, 1.165) is 16.7 Å². The minimum Gasteiger partial charge on any atom is -0.458 e. The minimum absolute atomic E-state index is 0.0464. The van der Waals surface area contributed by atoms with Gasteiger partial charge in [0.25, 0.3) is 5.91 Å². The number of amides is 2. The second-order valence-electron chi connectivity index (χ2n) is 10.2. The third-order valence-corrected chi connectivity index (χ3v) is 8.67. The van der Waals surface area contributed by atoms with E-state index in [-0.39, 0.29) is 24.6 Å². The Kier molecular flexibility index (Phi) is 9.41. The lowest BCUT2D eigenvalue weighted by molar-refractivity contribution is -0.155. The summed E-state index contributed by atoms with van der Waals surface area (Å²) in [6.07, 6.45) is 1.04. The van der Waals surface area contributed by atoms with Crippen LogP contribution < -0.4 is 5.32 Å². The molecule has 2 heterocycles. The standard InChI is InChI=1S/C34H32N2O6S/c1-3-22(2)33(39)41-20-26-21-43-32-28(35-27(37)19-23-13-7-4-8-14-23)31(38)36(32)29(26)34(40)42-30(24-15-9-5-10-16-24)25-17-11-6-12-18-25/h3-18,28,30,32H,19-21H2,1-2H3,(H,35,37)/t28-,32-/m1/s1. The number of carbonyl (C=O) groups excluding carboxylic acids is 4. The molecule has 8 nitrogen and oxygen atoms in total. The predicted molar refractivity (Wildman–Crippen MR) is 163 cm³/mol. The quantitative estimate of drug-likeness (QED) is 0.205. The molecular weight excluding hydrogens is 564 g/mol. The number of nitrogens with one attached hydrogen (secondary N) is 1. The molecule has 2 amide bonds. The summed E-state index contributed by atoms with van der Waals surface area (Å²) < 4.78 is 11.6. The molecule has 0 radical (unpaired) electrons. The number of ether oxygens (including phenoxy) is 2. The lowest BCUT2D eigenvalue weighted by Crippen LogP contribution is -2.70. The van der Waals surface area contributed by atoms with E-state index in [1.807, 2.05) is 91.0 Å². The number of fused-ring (bicyclic) bond motifs is 1. The summed E-state index contributed by atoms with van der Waals surface area (Å²) in [5, 5.41) is 2.33. The van der Waals surface area contributed by atoms with E-state index in [4.69, 9.17) is 9.47 Å². The number of allylic oxidation sites excluding steroid dienone is 1. The van der Waals surface area contributed by atoms with E-state index in [9.17, 15) is 19.2 Å². The number of hydrogen-bond acceptors (Lipinski definition) is 7. The van der Waals surface area contributed by atoms with Crippen molar-refractivity contribution in [3.8, 4) is 0 Å². The summed E-state index contributed by atoms with van der Waals surface area (Å²) in [4.78, 5) is 54.1. The molecule has 1 N–H and O–H groups in total. The van der Waals surface area contributed by atoms with Crippen LogP contribution in [0.2, 0.25) is 0 Å². The zero-order valence-electron chi connectivity index (χ0n) is 23.9. The van der Waals surface area contributed by atoms with Gasteiger partial charge < -0.3 is 14.8 Å². The number of benzene rings is 3. The molecule has 1 fully saturated rings. The minimum atomic E-state index is -0.794. The summed E-state index contributed by atoms with van der Waals surface area (Å²) >= 11 is 1.40. The van der Waals surface area contributed by atoms with Gasteiger partial charge in [-0.05, 0) is 30.5 Å². The molecule has 43 heavy (non-hydrogen) atoms. The van der Waals surface area contributed by atoms with Crippen molar-refractivity contribution >= 4 is 35.5 Å². The largest absolute Gasteiger partial charge is 0.458 e. The van der Waals surface area contributed by atoms with Gasteiger partial charge in [0, 0.05) is 16.9 Å². The van der Waals surface area contributed by atoms with Gasteiger partial charge in [-0.3, -0.25) is 14.5 Å². The van der Waals surface area contributed by atoms with Crippen molar-refractivity contribution in [2.75, 3.05) is 12.4 Å². The summed E-state index contributed by atoms with van der Waals surface area (Å²) in [5.41, 5.74) is 3.30. The second kappa shape index (κ2) is 13.6. The SMILES string of the molecule is CC=C(C)C(=O)OCC1=C(C(=O)OC(c2ccccc2)c2ccccc2)N2C(=O)[C@@H](NC(=O)Cc3ccccc3)[C@H]2SC1. The first kappa shape index (κ1) is 29.8. The van der Waals surface area contributed by atoms with Gasteiger partial charge in [-0.2, -0.15) is 0 Å². The number of nitrogens with zero attached hydrogens (tertiary/aromatic N) is 1. The molecule has 0 saturated carbocycles. The van der Waals surface area contributed by atoms with Gasteiger partial charge in [0.1, 0.15) is 23.7 Å². The molecular formula is C34H32N2O6S. The van der Waals surface area contributed by atoms with Crippen molar-refractivity contribution in [2.24, 2.45) is 0 Å². The topological polar surface area (TPSA) is 102 Å². The summed E-state index contributed by atoms with van der Waals surface area (Å²) in [5.74, 6) is -1.61. The van der Waals surface area contributed by atoms with E-state index in [1.165, 1.54) is 16.7 Å². The van der Waals surface area contributed by atoms with Crippen LogP contribution in [0.5, 0.6) is 0 Å². The molecule has 5 rings (SSSR count). The van der Waals surface area contributed by atoms with Crippen LogP contribution in [0.1, 0.15) is 36.6 Å². The number of thioether (sulfide) groups is 1. The maximum absolute atomic E-state index is 14.0. The van der Waals surface area contributed by atoms with E-state index in [2.05, 4.69) is 5.32 Å². The first-order valence-electron chi connectivity index (χ1n) is 14.0. The number of esters is 2. The van der Waals surface area contributed by atoms with Crippen LogP contribution in [-0.4, -0.2) is 52.4 Å². The second-order valence-corrected chi connectivity index (χ2v) is 11.3. The number of carbonyl (C=O) groups is 4. The molecule has 220 valence electrons. The van der Waals surface area contributed by atoms with Crippen LogP contribution in [0.3, 0.4) is 0 Å². The van der Waals surface area contributed by atoms with E-state index < -0.39 is 35.4 Å². The molecule has 1 saturated heterocycles. The molecule has 0 aliphatic carbocycles. The van der Waals surface area contributed by atoms with Crippen LogP contribution in [-0.2, 0) is 35.1 Å². The van der Waals surface area contributed by atoms with Crippen LogP contribution in [0.25, 0.3) is 0 Å². The van der Waals surface area contributed by atoms with E-state index >= 15 is 0 Å². The molecule has 2 atom stereocenters. The first-order chi connectivity index (χ1) is 20.9. The van der Waals surface area contributed by atoms with Gasteiger partial charge in [-0.1, -0.05) is 97.1 Å². The van der Waals surface area contributed by atoms with Gasteiger partial charge in [-0.15, -0.1) is 11.8 Å². The maximum Gasteiger partial charge on any atom is 0.356 e. The molecule has 2 aliphatic rings. The van der Waals surface area contributed by atoms with Crippen molar-refractivity contribution < 1.29 is 28.7 Å². The smallest absolute Gasteiger partial charge is 0.356 e. The molecule has 0 spiro atoms. The molecule has 0 aromatic heterocycles. The van der Waals surface area contributed by atoms with E-state index in [0.29, 0.717) is 16.9 Å². The lowest BCUT2D eigenvalue weighted by atomic mass is 10.0. The van der Waals surface area contributed by atoms with Gasteiger partial charge in [0.15, 0.2) is 6.10 Å². The Morgan fingerprint density at radius 1 is 0.953 bits per heavy atom. The fraction of sp³-hybridized carbons (Fsp3) is 0.235. The normalized spacial score (nSPS) is 18.1. The van der Waals surface area contributed by atoms with Gasteiger partial charge in [-0.25, -0.2) is 9.59 Å². The number of β-lactam (4-membered cyclic amide) rings is 1. The third kappa shape index (κ3) is 6.73. The molecule has 0 unspecified atom stereocenters.